The Morgan fingerprint density at radius 3 is 2.41 bits per heavy atom. The lowest BCUT2D eigenvalue weighted by molar-refractivity contribution is -0.121. The molecule has 0 spiro atoms. The Kier molecular flexibility index (Phi) is 7.81. The average Bonchev–Trinajstić information content (AvgIpc) is 2.52. The molecule has 0 radical (unpaired) electrons. The van der Waals surface area contributed by atoms with E-state index >= 15 is 0 Å². The van der Waals surface area contributed by atoms with Crippen molar-refractivity contribution in [2.45, 2.75) is 39.0 Å². The number of hydrogen-bond donors (Lipinski definition) is 2. The van der Waals surface area contributed by atoms with Crippen molar-refractivity contribution in [3.63, 3.8) is 0 Å². The van der Waals surface area contributed by atoms with Crippen molar-refractivity contribution in [3.05, 3.63) is 17.7 Å². The minimum atomic E-state index is -0.106. The lowest BCUT2D eigenvalue weighted by Gasteiger charge is -2.09. The van der Waals surface area contributed by atoms with Crippen molar-refractivity contribution in [3.8, 4) is 17.2 Å². The van der Waals surface area contributed by atoms with Gasteiger partial charge in [-0.15, -0.1) is 0 Å². The van der Waals surface area contributed by atoms with Crippen LogP contribution < -0.4 is 14.9 Å². The van der Waals surface area contributed by atoms with Gasteiger partial charge >= 0.3 is 0 Å². The van der Waals surface area contributed by atoms with Crippen LogP contribution in [-0.4, -0.2) is 31.4 Å². The summed E-state index contributed by atoms with van der Waals surface area (Å²) < 4.78 is 10.1. The number of benzene rings is 1. The molecule has 0 atom stereocenters. The first-order valence-electron chi connectivity index (χ1n) is 7.39. The van der Waals surface area contributed by atoms with E-state index in [1.165, 1.54) is 20.4 Å². The Labute approximate surface area is 131 Å². The van der Waals surface area contributed by atoms with Crippen LogP contribution in [-0.2, 0) is 4.79 Å². The fourth-order valence-corrected chi connectivity index (χ4v) is 1.94. The monoisotopic (exact) mass is 308 g/mol. The molecule has 0 fully saturated rings. The number of carbonyl (C=O) groups excluding carboxylic acids is 1. The van der Waals surface area contributed by atoms with Crippen molar-refractivity contribution >= 4 is 12.1 Å². The van der Waals surface area contributed by atoms with Crippen LogP contribution in [0.4, 0.5) is 0 Å². The van der Waals surface area contributed by atoms with Gasteiger partial charge in [0.2, 0.25) is 11.7 Å². The second-order valence-corrected chi connectivity index (χ2v) is 4.88. The minimum absolute atomic E-state index is 0.0675. The summed E-state index contributed by atoms with van der Waals surface area (Å²) >= 11 is 0. The Hall–Kier alpha value is -2.24. The van der Waals surface area contributed by atoms with Crippen LogP contribution in [0.25, 0.3) is 0 Å². The van der Waals surface area contributed by atoms with Gasteiger partial charge in [-0.2, -0.15) is 5.10 Å². The molecule has 1 aromatic carbocycles. The second kappa shape index (κ2) is 9.65. The van der Waals surface area contributed by atoms with Gasteiger partial charge < -0.3 is 14.6 Å². The topological polar surface area (TPSA) is 80.2 Å². The number of hydrazone groups is 1. The molecule has 1 amide bonds. The standard InChI is InChI=1S/C16H24N2O4/c1-4-5-6-7-8-15(19)18-17-11-12-9-13(21-2)16(20)14(10-12)22-3/h9-11,20H,4-8H2,1-3H3,(H,18,19)/b17-11+. The number of unbranched alkanes of at least 4 members (excludes halogenated alkanes) is 3. The average molecular weight is 308 g/mol. The van der Waals surface area contributed by atoms with E-state index in [0.29, 0.717) is 12.0 Å². The summed E-state index contributed by atoms with van der Waals surface area (Å²) in [6.07, 6.45) is 6.16. The molecule has 0 aromatic heterocycles. The quantitative estimate of drug-likeness (QED) is 0.417. The number of ether oxygens (including phenoxy) is 2. The van der Waals surface area contributed by atoms with Crippen LogP contribution in [0.15, 0.2) is 17.2 Å². The summed E-state index contributed by atoms with van der Waals surface area (Å²) in [4.78, 5) is 11.6. The van der Waals surface area contributed by atoms with Crippen molar-refractivity contribution in [1.29, 1.82) is 0 Å². The maximum absolute atomic E-state index is 11.6. The van der Waals surface area contributed by atoms with Gasteiger partial charge in [-0.3, -0.25) is 4.79 Å². The highest BCUT2D eigenvalue weighted by molar-refractivity contribution is 5.84. The minimum Gasteiger partial charge on any atom is -0.502 e. The van der Waals surface area contributed by atoms with Crippen molar-refractivity contribution in [1.82, 2.24) is 5.43 Å². The second-order valence-electron chi connectivity index (χ2n) is 4.88. The molecule has 1 aromatic rings. The summed E-state index contributed by atoms with van der Waals surface area (Å²) in [5.41, 5.74) is 3.13. The van der Waals surface area contributed by atoms with Crippen molar-refractivity contribution in [2.75, 3.05) is 14.2 Å². The molecule has 0 heterocycles. The van der Waals surface area contributed by atoms with Gasteiger partial charge in [0.25, 0.3) is 0 Å². The molecule has 0 unspecified atom stereocenters. The van der Waals surface area contributed by atoms with Gasteiger partial charge in [-0.1, -0.05) is 26.2 Å². The normalized spacial score (nSPS) is 10.7. The molecular weight excluding hydrogens is 284 g/mol. The van der Waals surface area contributed by atoms with E-state index in [2.05, 4.69) is 17.5 Å². The first kappa shape index (κ1) is 17.8. The maximum atomic E-state index is 11.6. The largest absolute Gasteiger partial charge is 0.502 e. The summed E-state index contributed by atoms with van der Waals surface area (Å²) in [6.45, 7) is 2.13. The van der Waals surface area contributed by atoms with Gasteiger partial charge in [0, 0.05) is 12.0 Å². The van der Waals surface area contributed by atoms with Gasteiger partial charge in [-0.25, -0.2) is 5.43 Å². The number of aromatic hydroxyl groups is 1. The van der Waals surface area contributed by atoms with Crippen molar-refractivity contribution in [2.24, 2.45) is 5.10 Å². The van der Waals surface area contributed by atoms with Crippen LogP contribution in [0.3, 0.4) is 0 Å². The first-order valence-corrected chi connectivity index (χ1v) is 7.39. The number of hydrogen-bond acceptors (Lipinski definition) is 5. The molecule has 6 nitrogen and oxygen atoms in total. The van der Waals surface area contributed by atoms with Crippen LogP contribution in [0.1, 0.15) is 44.6 Å². The van der Waals surface area contributed by atoms with Crippen LogP contribution in [0, 0.1) is 0 Å². The summed E-state index contributed by atoms with van der Waals surface area (Å²) in [6, 6.07) is 3.21. The summed E-state index contributed by atoms with van der Waals surface area (Å²) in [5.74, 6) is 0.394. The van der Waals surface area contributed by atoms with Crippen LogP contribution in [0.5, 0.6) is 17.2 Å². The van der Waals surface area contributed by atoms with E-state index in [4.69, 9.17) is 9.47 Å². The van der Waals surface area contributed by atoms with E-state index in [1.54, 1.807) is 12.1 Å². The predicted molar refractivity (Wildman–Crippen MR) is 85.7 cm³/mol. The number of phenolic OH excluding ortho intramolecular Hbond substituents is 1. The zero-order valence-corrected chi connectivity index (χ0v) is 13.4. The van der Waals surface area contributed by atoms with Gasteiger partial charge in [0.1, 0.15) is 0 Å². The number of phenols is 1. The number of nitrogens with one attached hydrogen (secondary N) is 1. The third-order valence-corrected chi connectivity index (χ3v) is 3.16. The third-order valence-electron chi connectivity index (χ3n) is 3.16. The highest BCUT2D eigenvalue weighted by atomic mass is 16.5. The fourth-order valence-electron chi connectivity index (χ4n) is 1.94. The van der Waals surface area contributed by atoms with Crippen LogP contribution in [0.2, 0.25) is 0 Å². The van der Waals surface area contributed by atoms with Gasteiger partial charge in [0.15, 0.2) is 11.5 Å². The Morgan fingerprint density at radius 2 is 1.86 bits per heavy atom. The SMILES string of the molecule is CCCCCCC(=O)N/N=C/c1cc(OC)c(O)c(OC)c1. The highest BCUT2D eigenvalue weighted by Gasteiger charge is 2.10. The zero-order chi connectivity index (χ0) is 16.4. The molecule has 0 saturated carbocycles. The van der Waals surface area contributed by atoms with Crippen molar-refractivity contribution < 1.29 is 19.4 Å². The molecule has 0 aliphatic heterocycles. The predicted octanol–water partition coefficient (Wildman–Crippen LogP) is 2.83. The molecule has 2 N–H and O–H groups in total. The smallest absolute Gasteiger partial charge is 0.240 e. The Morgan fingerprint density at radius 1 is 1.23 bits per heavy atom. The molecular formula is C16H24N2O4. The molecule has 6 heteroatoms. The molecule has 0 saturated heterocycles. The summed E-state index contributed by atoms with van der Waals surface area (Å²) in [5, 5.41) is 13.7. The molecule has 0 bridgehead atoms. The Balaban J connectivity index is 2.57. The van der Waals surface area contributed by atoms with E-state index in [0.717, 1.165) is 25.7 Å². The van der Waals surface area contributed by atoms with E-state index in [-0.39, 0.29) is 23.2 Å². The highest BCUT2D eigenvalue weighted by Crippen LogP contribution is 2.36. The molecule has 1 rings (SSSR count). The molecule has 0 aliphatic rings. The van der Waals surface area contributed by atoms with E-state index in [1.807, 2.05) is 0 Å². The number of rotatable bonds is 9. The van der Waals surface area contributed by atoms with Gasteiger partial charge in [0.05, 0.1) is 20.4 Å². The van der Waals surface area contributed by atoms with Gasteiger partial charge in [-0.05, 0) is 18.6 Å². The fraction of sp³-hybridized carbons (Fsp3) is 0.500. The first-order chi connectivity index (χ1) is 10.6. The molecule has 0 aliphatic carbocycles. The number of nitrogens with zero attached hydrogens (tertiary/aromatic N) is 1. The Bertz CT molecular complexity index is 490. The molecule has 22 heavy (non-hydrogen) atoms. The zero-order valence-electron chi connectivity index (χ0n) is 13.4. The summed E-state index contributed by atoms with van der Waals surface area (Å²) in [7, 11) is 2.90. The number of carbonyl (C=O) groups is 1. The number of methoxy groups -OCH3 is 2. The van der Waals surface area contributed by atoms with E-state index < -0.39 is 0 Å². The van der Waals surface area contributed by atoms with E-state index in [9.17, 15) is 9.90 Å². The maximum Gasteiger partial charge on any atom is 0.240 e. The lowest BCUT2D eigenvalue weighted by atomic mass is 10.1. The number of amides is 1. The molecule has 122 valence electrons. The third kappa shape index (κ3) is 5.63. The van der Waals surface area contributed by atoms with Crippen LogP contribution >= 0.6 is 0 Å². The lowest BCUT2D eigenvalue weighted by Crippen LogP contribution is -2.16.